The van der Waals surface area contributed by atoms with E-state index in [1.807, 2.05) is 7.05 Å². The van der Waals surface area contributed by atoms with Crippen LogP contribution in [0, 0.1) is 0 Å². The quantitative estimate of drug-likeness (QED) is 0.721. The molecule has 4 heteroatoms. The Hall–Kier alpha value is -0.610. The topological polar surface area (TPSA) is 52.6 Å². The van der Waals surface area contributed by atoms with Gasteiger partial charge in [-0.1, -0.05) is 12.8 Å². The SMILES string of the molecule is CN1CC(N[C@@H]2CCCC[C@H]2O)CCC1=O. The van der Waals surface area contributed by atoms with Gasteiger partial charge in [0.25, 0.3) is 0 Å². The third-order valence-electron chi connectivity index (χ3n) is 3.81. The monoisotopic (exact) mass is 226 g/mol. The van der Waals surface area contributed by atoms with Crippen LogP contribution in [0.1, 0.15) is 38.5 Å². The first kappa shape index (κ1) is 11.9. The number of nitrogens with zero attached hydrogens (tertiary/aromatic N) is 1. The second-order valence-corrected chi connectivity index (χ2v) is 5.13. The summed E-state index contributed by atoms with van der Waals surface area (Å²) in [6.45, 7) is 0.780. The molecule has 2 N–H and O–H groups in total. The summed E-state index contributed by atoms with van der Waals surface area (Å²) in [6.07, 6.45) is 5.67. The highest BCUT2D eigenvalue weighted by Crippen LogP contribution is 2.20. The van der Waals surface area contributed by atoms with Crippen molar-refractivity contribution in [2.75, 3.05) is 13.6 Å². The molecule has 2 fully saturated rings. The van der Waals surface area contributed by atoms with Gasteiger partial charge in [-0.05, 0) is 19.3 Å². The number of piperidine rings is 1. The van der Waals surface area contributed by atoms with Gasteiger partial charge in [0.1, 0.15) is 0 Å². The van der Waals surface area contributed by atoms with E-state index in [1.54, 1.807) is 4.90 Å². The van der Waals surface area contributed by atoms with Crippen LogP contribution in [0.25, 0.3) is 0 Å². The van der Waals surface area contributed by atoms with Gasteiger partial charge in [0.15, 0.2) is 0 Å². The van der Waals surface area contributed by atoms with Crippen molar-refractivity contribution >= 4 is 5.91 Å². The number of rotatable bonds is 2. The van der Waals surface area contributed by atoms with Gasteiger partial charge in [-0.15, -0.1) is 0 Å². The molecule has 1 heterocycles. The highest BCUT2D eigenvalue weighted by atomic mass is 16.3. The minimum absolute atomic E-state index is 0.198. The van der Waals surface area contributed by atoms with Crippen molar-refractivity contribution in [1.82, 2.24) is 10.2 Å². The molecule has 1 aliphatic heterocycles. The van der Waals surface area contributed by atoms with Crippen LogP contribution in [-0.4, -0.2) is 47.7 Å². The van der Waals surface area contributed by atoms with Gasteiger partial charge in [-0.25, -0.2) is 0 Å². The van der Waals surface area contributed by atoms with E-state index >= 15 is 0 Å². The molecule has 0 bridgehead atoms. The second-order valence-electron chi connectivity index (χ2n) is 5.13. The molecule has 0 aromatic rings. The summed E-state index contributed by atoms with van der Waals surface area (Å²) < 4.78 is 0. The van der Waals surface area contributed by atoms with E-state index in [9.17, 15) is 9.90 Å². The van der Waals surface area contributed by atoms with E-state index in [0.29, 0.717) is 12.5 Å². The molecule has 0 radical (unpaired) electrons. The molecule has 1 unspecified atom stereocenters. The van der Waals surface area contributed by atoms with Gasteiger partial charge in [0.2, 0.25) is 5.91 Å². The number of carbonyl (C=O) groups excluding carboxylic acids is 1. The highest BCUT2D eigenvalue weighted by molar-refractivity contribution is 5.76. The lowest BCUT2D eigenvalue weighted by atomic mass is 9.91. The molecule has 4 nitrogen and oxygen atoms in total. The van der Waals surface area contributed by atoms with E-state index in [2.05, 4.69) is 5.32 Å². The van der Waals surface area contributed by atoms with E-state index in [0.717, 1.165) is 32.2 Å². The Kier molecular flexibility index (Phi) is 3.82. The minimum Gasteiger partial charge on any atom is -0.392 e. The Bertz CT molecular complexity index is 257. The van der Waals surface area contributed by atoms with Crippen molar-refractivity contribution in [3.8, 4) is 0 Å². The molecule has 0 spiro atoms. The zero-order valence-electron chi connectivity index (χ0n) is 9.98. The smallest absolute Gasteiger partial charge is 0.222 e. The zero-order valence-corrected chi connectivity index (χ0v) is 9.98. The molecule has 2 aliphatic rings. The van der Waals surface area contributed by atoms with Crippen LogP contribution in [0.3, 0.4) is 0 Å². The van der Waals surface area contributed by atoms with Crippen molar-refractivity contribution in [2.24, 2.45) is 0 Å². The van der Waals surface area contributed by atoms with Crippen LogP contribution in [0.15, 0.2) is 0 Å². The number of aliphatic hydroxyl groups excluding tert-OH is 1. The summed E-state index contributed by atoms with van der Waals surface area (Å²) in [5.74, 6) is 0.238. The number of hydrogen-bond donors (Lipinski definition) is 2. The highest BCUT2D eigenvalue weighted by Gasteiger charge is 2.28. The number of aliphatic hydroxyl groups is 1. The number of likely N-dealkylation sites (tertiary alicyclic amines) is 1. The molecule has 1 aliphatic carbocycles. The molecule has 92 valence electrons. The third-order valence-corrected chi connectivity index (χ3v) is 3.81. The van der Waals surface area contributed by atoms with Crippen molar-refractivity contribution in [1.29, 1.82) is 0 Å². The summed E-state index contributed by atoms with van der Waals surface area (Å²) in [5.41, 5.74) is 0. The summed E-state index contributed by atoms with van der Waals surface area (Å²) >= 11 is 0. The van der Waals surface area contributed by atoms with E-state index in [4.69, 9.17) is 0 Å². The summed E-state index contributed by atoms with van der Waals surface area (Å²) in [6, 6.07) is 0.598. The lowest BCUT2D eigenvalue weighted by molar-refractivity contribution is -0.132. The first-order chi connectivity index (χ1) is 7.66. The fourth-order valence-electron chi connectivity index (χ4n) is 2.76. The lowest BCUT2D eigenvalue weighted by Crippen LogP contribution is -2.53. The van der Waals surface area contributed by atoms with Crippen LogP contribution in [0.5, 0.6) is 0 Å². The maximum absolute atomic E-state index is 11.3. The molecule has 1 amide bonds. The first-order valence-corrected chi connectivity index (χ1v) is 6.35. The molecule has 2 rings (SSSR count). The van der Waals surface area contributed by atoms with Gasteiger partial charge in [0.05, 0.1) is 6.10 Å². The van der Waals surface area contributed by atoms with Crippen LogP contribution in [-0.2, 0) is 4.79 Å². The molecule has 3 atom stereocenters. The van der Waals surface area contributed by atoms with Crippen molar-refractivity contribution in [3.63, 3.8) is 0 Å². The third kappa shape index (κ3) is 2.74. The average molecular weight is 226 g/mol. The van der Waals surface area contributed by atoms with E-state index in [1.165, 1.54) is 6.42 Å². The van der Waals surface area contributed by atoms with Gasteiger partial charge in [0, 0.05) is 32.1 Å². The van der Waals surface area contributed by atoms with Crippen LogP contribution >= 0.6 is 0 Å². The van der Waals surface area contributed by atoms with Crippen molar-refractivity contribution in [3.05, 3.63) is 0 Å². The Balaban J connectivity index is 1.82. The standard InChI is InChI=1S/C12H22N2O2/c1-14-8-9(6-7-12(14)16)13-10-4-2-3-5-11(10)15/h9-11,13,15H,2-8H2,1H3/t9?,10-,11-/m1/s1. The summed E-state index contributed by atoms with van der Waals surface area (Å²) in [5, 5.41) is 13.4. The van der Waals surface area contributed by atoms with Crippen molar-refractivity contribution < 1.29 is 9.90 Å². The van der Waals surface area contributed by atoms with Gasteiger partial charge in [-0.2, -0.15) is 0 Å². The molecule has 0 aromatic carbocycles. The molecule has 1 saturated carbocycles. The lowest BCUT2D eigenvalue weighted by Gasteiger charge is -2.36. The number of amides is 1. The largest absolute Gasteiger partial charge is 0.392 e. The number of nitrogens with one attached hydrogen (secondary N) is 1. The maximum Gasteiger partial charge on any atom is 0.222 e. The predicted octanol–water partition coefficient (Wildman–Crippen LogP) is 0.500. The van der Waals surface area contributed by atoms with E-state index in [-0.39, 0.29) is 18.1 Å². The molecular formula is C12H22N2O2. The second kappa shape index (κ2) is 5.15. The Morgan fingerprint density at radius 1 is 1.31 bits per heavy atom. The Labute approximate surface area is 97.0 Å². The summed E-state index contributed by atoms with van der Waals surface area (Å²) in [4.78, 5) is 13.1. The molecular weight excluding hydrogens is 204 g/mol. The fourth-order valence-corrected chi connectivity index (χ4v) is 2.76. The normalized spacial score (nSPS) is 36.5. The Morgan fingerprint density at radius 3 is 2.75 bits per heavy atom. The fraction of sp³-hybridized carbons (Fsp3) is 0.917. The van der Waals surface area contributed by atoms with Gasteiger partial charge in [-0.3, -0.25) is 4.79 Å². The number of carbonyl (C=O) groups is 1. The first-order valence-electron chi connectivity index (χ1n) is 6.35. The van der Waals surface area contributed by atoms with Crippen LogP contribution in [0.2, 0.25) is 0 Å². The minimum atomic E-state index is -0.198. The van der Waals surface area contributed by atoms with Crippen molar-refractivity contribution in [2.45, 2.75) is 56.7 Å². The molecule has 0 aromatic heterocycles. The zero-order chi connectivity index (χ0) is 11.5. The van der Waals surface area contributed by atoms with E-state index < -0.39 is 0 Å². The Morgan fingerprint density at radius 2 is 2.06 bits per heavy atom. The predicted molar refractivity (Wildman–Crippen MR) is 62.1 cm³/mol. The van der Waals surface area contributed by atoms with Crippen LogP contribution in [0.4, 0.5) is 0 Å². The number of hydrogen-bond acceptors (Lipinski definition) is 3. The number of likely N-dealkylation sites (N-methyl/N-ethyl adjacent to an activating group) is 1. The molecule has 16 heavy (non-hydrogen) atoms. The maximum atomic E-state index is 11.3. The average Bonchev–Trinajstić information content (AvgIpc) is 2.27. The van der Waals surface area contributed by atoms with Crippen LogP contribution < -0.4 is 5.32 Å². The molecule has 1 saturated heterocycles. The van der Waals surface area contributed by atoms with Gasteiger partial charge >= 0.3 is 0 Å². The summed E-state index contributed by atoms with van der Waals surface area (Å²) in [7, 11) is 1.85. The van der Waals surface area contributed by atoms with Gasteiger partial charge < -0.3 is 15.3 Å².